The number of rotatable bonds is 6. The Bertz CT molecular complexity index is 1210. The summed E-state index contributed by atoms with van der Waals surface area (Å²) in [5, 5.41) is 6.45. The Morgan fingerprint density at radius 1 is 0.818 bits per heavy atom. The lowest BCUT2D eigenvalue weighted by Gasteiger charge is -2.06. The minimum absolute atomic E-state index is 0.125. The van der Waals surface area contributed by atoms with Gasteiger partial charge >= 0.3 is 17.8 Å². The van der Waals surface area contributed by atoms with Crippen molar-refractivity contribution in [2.24, 2.45) is 5.10 Å². The zero-order valence-corrected chi connectivity index (χ0v) is 18.5. The van der Waals surface area contributed by atoms with Crippen LogP contribution in [0, 0.1) is 0 Å². The van der Waals surface area contributed by atoms with Crippen LogP contribution < -0.4 is 15.5 Å². The van der Waals surface area contributed by atoms with Crippen molar-refractivity contribution >= 4 is 59.0 Å². The average molecular weight is 482 g/mol. The summed E-state index contributed by atoms with van der Waals surface area (Å²) in [7, 11) is 0. The lowest BCUT2D eigenvalue weighted by molar-refractivity contribution is -0.136. The Balaban J connectivity index is 1.49. The van der Waals surface area contributed by atoms with Crippen LogP contribution in [0.15, 0.2) is 84.0 Å². The van der Waals surface area contributed by atoms with E-state index < -0.39 is 17.8 Å². The molecule has 0 spiro atoms. The van der Waals surface area contributed by atoms with Gasteiger partial charge in [-0.25, -0.2) is 10.2 Å². The number of anilines is 1. The summed E-state index contributed by atoms with van der Waals surface area (Å²) in [6, 6.07) is 20.4. The van der Waals surface area contributed by atoms with E-state index in [0.717, 1.165) is 5.56 Å². The molecule has 0 unspecified atom stereocenters. The van der Waals surface area contributed by atoms with Gasteiger partial charge in [-0.1, -0.05) is 59.6 Å². The predicted octanol–water partition coefficient (Wildman–Crippen LogP) is 4.70. The first-order valence-electron chi connectivity index (χ1n) is 9.56. The van der Waals surface area contributed by atoms with E-state index in [1.807, 2.05) is 30.3 Å². The highest BCUT2D eigenvalue weighted by molar-refractivity contribution is 6.45. The molecule has 3 aromatic carbocycles. The van der Waals surface area contributed by atoms with Gasteiger partial charge in [0.05, 0.1) is 21.9 Å². The van der Waals surface area contributed by atoms with Crippen molar-refractivity contribution in [2.75, 3.05) is 5.32 Å². The molecule has 0 bridgehead atoms. The smallest absolute Gasteiger partial charge is 0.336 e. The summed E-state index contributed by atoms with van der Waals surface area (Å²) in [4.78, 5) is 35.8. The molecular weight excluding hydrogens is 465 g/mol. The van der Waals surface area contributed by atoms with Crippen molar-refractivity contribution in [1.29, 1.82) is 0 Å². The second-order valence-corrected chi connectivity index (χ2v) is 7.27. The van der Waals surface area contributed by atoms with Gasteiger partial charge in [0, 0.05) is 6.08 Å². The standard InChI is InChI=1S/C24H17Cl2N3O4/c25-19-7-4-8-20(22(19)26)28-23(31)24(32)29-27-15-17-9-12-18(13-10-17)33-21(30)14-11-16-5-2-1-3-6-16/h1-15H,(H,28,31)(H,29,32). The van der Waals surface area contributed by atoms with Crippen LogP contribution in [0.2, 0.25) is 10.0 Å². The number of nitrogens with one attached hydrogen (secondary N) is 2. The van der Waals surface area contributed by atoms with Crippen molar-refractivity contribution in [2.45, 2.75) is 0 Å². The van der Waals surface area contributed by atoms with Crippen LogP contribution in [0.3, 0.4) is 0 Å². The topological polar surface area (TPSA) is 96.9 Å². The van der Waals surface area contributed by atoms with Crippen molar-refractivity contribution < 1.29 is 19.1 Å². The molecule has 7 nitrogen and oxygen atoms in total. The van der Waals surface area contributed by atoms with E-state index in [-0.39, 0.29) is 15.7 Å². The first-order chi connectivity index (χ1) is 15.9. The van der Waals surface area contributed by atoms with Crippen molar-refractivity contribution in [3.8, 4) is 5.75 Å². The number of carbonyl (C=O) groups excluding carboxylic acids is 3. The average Bonchev–Trinajstić information content (AvgIpc) is 2.82. The zero-order valence-electron chi connectivity index (χ0n) is 17.0. The van der Waals surface area contributed by atoms with Crippen LogP contribution in [0.1, 0.15) is 11.1 Å². The fraction of sp³-hybridized carbons (Fsp3) is 0. The van der Waals surface area contributed by atoms with E-state index in [2.05, 4.69) is 15.8 Å². The number of carbonyl (C=O) groups is 3. The predicted molar refractivity (Wildman–Crippen MR) is 128 cm³/mol. The summed E-state index contributed by atoms with van der Waals surface area (Å²) in [5.74, 6) is -2.12. The number of benzene rings is 3. The molecule has 0 aliphatic carbocycles. The number of hydrogen-bond donors (Lipinski definition) is 2. The summed E-state index contributed by atoms with van der Waals surface area (Å²) < 4.78 is 5.23. The molecule has 3 rings (SSSR count). The summed E-state index contributed by atoms with van der Waals surface area (Å²) >= 11 is 11.8. The molecule has 2 N–H and O–H groups in total. The number of ether oxygens (including phenoxy) is 1. The highest BCUT2D eigenvalue weighted by Crippen LogP contribution is 2.29. The molecular formula is C24H17Cl2N3O4. The Kier molecular flexibility index (Phi) is 8.35. The summed E-state index contributed by atoms with van der Waals surface area (Å²) in [6.45, 7) is 0. The minimum Gasteiger partial charge on any atom is -0.423 e. The van der Waals surface area contributed by atoms with Crippen molar-refractivity contribution in [3.63, 3.8) is 0 Å². The van der Waals surface area contributed by atoms with E-state index in [1.54, 1.807) is 42.5 Å². The lowest BCUT2D eigenvalue weighted by atomic mass is 10.2. The van der Waals surface area contributed by atoms with Gasteiger partial charge in [-0.2, -0.15) is 5.10 Å². The van der Waals surface area contributed by atoms with Crippen molar-refractivity contribution in [1.82, 2.24) is 5.43 Å². The number of hydrogen-bond acceptors (Lipinski definition) is 5. The molecule has 33 heavy (non-hydrogen) atoms. The lowest BCUT2D eigenvalue weighted by Crippen LogP contribution is -2.32. The number of nitrogens with zero attached hydrogens (tertiary/aromatic N) is 1. The summed E-state index contributed by atoms with van der Waals surface area (Å²) in [5.41, 5.74) is 3.80. The molecule has 2 amide bonds. The number of amides is 2. The van der Waals surface area contributed by atoms with E-state index in [9.17, 15) is 14.4 Å². The van der Waals surface area contributed by atoms with Gasteiger partial charge in [0.25, 0.3) is 0 Å². The Hall–Kier alpha value is -3.94. The molecule has 0 aromatic heterocycles. The number of hydrazone groups is 1. The van der Waals surface area contributed by atoms with Crippen LogP contribution in [-0.4, -0.2) is 24.0 Å². The molecule has 0 aliphatic rings. The molecule has 9 heteroatoms. The molecule has 0 saturated heterocycles. The maximum atomic E-state index is 12.0. The third-order valence-electron chi connectivity index (χ3n) is 4.10. The van der Waals surface area contributed by atoms with Crippen LogP contribution >= 0.6 is 23.2 Å². The van der Waals surface area contributed by atoms with Gasteiger partial charge in [-0.3, -0.25) is 9.59 Å². The van der Waals surface area contributed by atoms with E-state index >= 15 is 0 Å². The number of halogens is 2. The normalized spacial score (nSPS) is 10.8. The third-order valence-corrected chi connectivity index (χ3v) is 4.91. The SMILES string of the molecule is O=C(C=Cc1ccccc1)Oc1ccc(C=NNC(=O)C(=O)Nc2cccc(Cl)c2Cl)cc1. The zero-order chi connectivity index (χ0) is 23.6. The number of esters is 1. The molecule has 0 atom stereocenters. The fourth-order valence-electron chi connectivity index (χ4n) is 2.50. The largest absolute Gasteiger partial charge is 0.423 e. The van der Waals surface area contributed by atoms with E-state index in [4.69, 9.17) is 27.9 Å². The monoisotopic (exact) mass is 481 g/mol. The molecule has 0 heterocycles. The van der Waals surface area contributed by atoms with Crippen molar-refractivity contribution in [3.05, 3.63) is 100 Å². The molecule has 166 valence electrons. The first kappa shape index (κ1) is 23.7. The minimum atomic E-state index is -0.988. The van der Waals surface area contributed by atoms with Gasteiger partial charge in [0.2, 0.25) is 0 Å². The second kappa shape index (κ2) is 11.6. The van der Waals surface area contributed by atoms with Crippen LogP contribution in [0.25, 0.3) is 6.08 Å². The Morgan fingerprint density at radius 2 is 1.55 bits per heavy atom. The quantitative estimate of drug-likeness (QED) is 0.133. The molecule has 0 radical (unpaired) electrons. The highest BCUT2D eigenvalue weighted by Gasteiger charge is 2.15. The maximum Gasteiger partial charge on any atom is 0.336 e. The third kappa shape index (κ3) is 7.31. The van der Waals surface area contributed by atoms with Gasteiger partial charge in [-0.05, 0) is 53.6 Å². The Morgan fingerprint density at radius 3 is 2.27 bits per heavy atom. The fourth-order valence-corrected chi connectivity index (χ4v) is 2.84. The Labute approximate surface area is 199 Å². The first-order valence-corrected chi connectivity index (χ1v) is 10.3. The molecule has 3 aromatic rings. The van der Waals surface area contributed by atoms with Gasteiger partial charge in [0.15, 0.2) is 0 Å². The van der Waals surface area contributed by atoms with Crippen LogP contribution in [0.4, 0.5) is 5.69 Å². The van der Waals surface area contributed by atoms with E-state index in [0.29, 0.717) is 11.3 Å². The molecule has 0 fully saturated rings. The molecule has 0 saturated carbocycles. The van der Waals surface area contributed by atoms with E-state index in [1.165, 1.54) is 18.4 Å². The van der Waals surface area contributed by atoms with Gasteiger partial charge < -0.3 is 10.1 Å². The van der Waals surface area contributed by atoms with Gasteiger partial charge in [-0.15, -0.1) is 0 Å². The molecule has 0 aliphatic heterocycles. The van der Waals surface area contributed by atoms with Crippen LogP contribution in [-0.2, 0) is 14.4 Å². The second-order valence-electron chi connectivity index (χ2n) is 6.49. The van der Waals surface area contributed by atoms with Crippen LogP contribution in [0.5, 0.6) is 5.75 Å². The highest BCUT2D eigenvalue weighted by atomic mass is 35.5. The van der Waals surface area contributed by atoms with Gasteiger partial charge in [0.1, 0.15) is 5.75 Å². The summed E-state index contributed by atoms with van der Waals surface area (Å²) in [6.07, 6.45) is 4.32. The maximum absolute atomic E-state index is 12.0.